The summed E-state index contributed by atoms with van der Waals surface area (Å²) in [5.74, 6) is 1.41. The van der Waals surface area contributed by atoms with E-state index in [0.717, 1.165) is 11.3 Å². The SMILES string of the molecule is CSc1nc(-c2ccc(Oc3ccc(C)cc3)cc2)c(C#N)c(=O)[nH]1. The van der Waals surface area contributed by atoms with Crippen LogP contribution in [0.2, 0.25) is 0 Å². The Hall–Kier alpha value is -3.04. The van der Waals surface area contributed by atoms with Gasteiger partial charge in [-0.1, -0.05) is 29.5 Å². The van der Waals surface area contributed by atoms with Crippen LogP contribution in [0.25, 0.3) is 11.3 Å². The molecule has 0 spiro atoms. The Morgan fingerprint density at radius 2 is 1.68 bits per heavy atom. The monoisotopic (exact) mass is 349 g/mol. The molecule has 0 atom stereocenters. The van der Waals surface area contributed by atoms with Crippen molar-refractivity contribution in [3.8, 4) is 28.8 Å². The molecule has 3 rings (SSSR count). The van der Waals surface area contributed by atoms with E-state index in [9.17, 15) is 10.1 Å². The number of nitriles is 1. The van der Waals surface area contributed by atoms with Gasteiger partial charge in [0.25, 0.3) is 5.56 Å². The molecule has 0 saturated heterocycles. The van der Waals surface area contributed by atoms with Crippen LogP contribution in [0, 0.1) is 18.3 Å². The van der Waals surface area contributed by atoms with E-state index < -0.39 is 5.56 Å². The number of hydrogen-bond acceptors (Lipinski definition) is 5. The first-order chi connectivity index (χ1) is 12.1. The number of ether oxygens (including phenoxy) is 1. The molecule has 5 nitrogen and oxygen atoms in total. The van der Waals surface area contributed by atoms with Gasteiger partial charge in [-0.15, -0.1) is 0 Å². The summed E-state index contributed by atoms with van der Waals surface area (Å²) >= 11 is 1.32. The van der Waals surface area contributed by atoms with Gasteiger partial charge in [0.05, 0.1) is 5.69 Å². The summed E-state index contributed by atoms with van der Waals surface area (Å²) in [6, 6.07) is 16.8. The smallest absolute Gasteiger partial charge is 0.270 e. The third-order valence-electron chi connectivity index (χ3n) is 3.59. The second-order valence-electron chi connectivity index (χ2n) is 5.35. The van der Waals surface area contributed by atoms with Crippen molar-refractivity contribution in [2.45, 2.75) is 12.1 Å². The molecule has 0 amide bonds. The Labute approximate surface area is 149 Å². The van der Waals surface area contributed by atoms with Crippen LogP contribution in [0.5, 0.6) is 11.5 Å². The largest absolute Gasteiger partial charge is 0.457 e. The highest BCUT2D eigenvalue weighted by molar-refractivity contribution is 7.98. The molecule has 0 fully saturated rings. The lowest BCUT2D eigenvalue weighted by Gasteiger charge is -2.08. The number of nitrogens with one attached hydrogen (secondary N) is 1. The summed E-state index contributed by atoms with van der Waals surface area (Å²) in [6.45, 7) is 2.02. The van der Waals surface area contributed by atoms with Gasteiger partial charge in [-0.05, 0) is 49.6 Å². The van der Waals surface area contributed by atoms with E-state index in [0.29, 0.717) is 22.2 Å². The van der Waals surface area contributed by atoms with Gasteiger partial charge >= 0.3 is 0 Å². The number of H-pyrrole nitrogens is 1. The van der Waals surface area contributed by atoms with Crippen LogP contribution in [0.1, 0.15) is 11.1 Å². The summed E-state index contributed by atoms with van der Waals surface area (Å²) in [5, 5.41) is 9.73. The third-order valence-corrected chi connectivity index (χ3v) is 4.17. The van der Waals surface area contributed by atoms with Crippen molar-refractivity contribution in [2.24, 2.45) is 0 Å². The van der Waals surface area contributed by atoms with E-state index in [-0.39, 0.29) is 5.56 Å². The van der Waals surface area contributed by atoms with Crippen molar-refractivity contribution in [3.05, 3.63) is 70.0 Å². The zero-order valence-corrected chi connectivity index (χ0v) is 14.6. The highest BCUT2D eigenvalue weighted by atomic mass is 32.2. The minimum Gasteiger partial charge on any atom is -0.457 e. The van der Waals surface area contributed by atoms with Gasteiger partial charge in [0.15, 0.2) is 5.16 Å². The van der Waals surface area contributed by atoms with Crippen molar-refractivity contribution in [1.82, 2.24) is 9.97 Å². The Morgan fingerprint density at radius 3 is 2.24 bits per heavy atom. The summed E-state index contributed by atoms with van der Waals surface area (Å²) < 4.78 is 5.79. The number of benzene rings is 2. The molecule has 0 aliphatic rings. The Morgan fingerprint density at radius 1 is 1.08 bits per heavy atom. The highest BCUT2D eigenvalue weighted by Gasteiger charge is 2.13. The number of hydrogen-bond donors (Lipinski definition) is 1. The van der Waals surface area contributed by atoms with Crippen LogP contribution in [0.4, 0.5) is 0 Å². The summed E-state index contributed by atoms with van der Waals surface area (Å²) in [4.78, 5) is 18.9. The second-order valence-corrected chi connectivity index (χ2v) is 6.15. The molecule has 0 aliphatic carbocycles. The Bertz CT molecular complexity index is 987. The van der Waals surface area contributed by atoms with Gasteiger partial charge in [-0.25, -0.2) is 4.98 Å². The molecule has 0 radical (unpaired) electrons. The van der Waals surface area contributed by atoms with E-state index in [4.69, 9.17) is 4.74 Å². The van der Waals surface area contributed by atoms with E-state index >= 15 is 0 Å². The normalized spacial score (nSPS) is 10.3. The number of thioether (sulfide) groups is 1. The molecule has 6 heteroatoms. The first-order valence-corrected chi connectivity index (χ1v) is 8.76. The number of aromatic amines is 1. The maximum Gasteiger partial charge on any atom is 0.270 e. The minimum absolute atomic E-state index is 0.00463. The van der Waals surface area contributed by atoms with Crippen molar-refractivity contribution in [3.63, 3.8) is 0 Å². The van der Waals surface area contributed by atoms with Crippen LogP contribution in [0.3, 0.4) is 0 Å². The minimum atomic E-state index is -0.433. The third kappa shape index (κ3) is 3.73. The number of nitrogens with zero attached hydrogens (tertiary/aromatic N) is 2. The number of rotatable bonds is 4. The predicted octanol–water partition coefficient (Wildman–Crippen LogP) is 4.13. The lowest BCUT2D eigenvalue weighted by atomic mass is 10.1. The quantitative estimate of drug-likeness (QED) is 0.566. The lowest BCUT2D eigenvalue weighted by Crippen LogP contribution is -2.14. The van der Waals surface area contributed by atoms with Crippen molar-refractivity contribution in [2.75, 3.05) is 6.26 Å². The fourth-order valence-corrected chi connectivity index (χ4v) is 2.66. The van der Waals surface area contributed by atoms with Crippen LogP contribution in [0.15, 0.2) is 58.5 Å². The summed E-state index contributed by atoms with van der Waals surface area (Å²) in [7, 11) is 0. The van der Waals surface area contributed by atoms with E-state index in [2.05, 4.69) is 9.97 Å². The van der Waals surface area contributed by atoms with Gasteiger partial charge in [-0.3, -0.25) is 4.79 Å². The molecule has 1 heterocycles. The predicted molar refractivity (Wildman–Crippen MR) is 98.0 cm³/mol. The van der Waals surface area contributed by atoms with Crippen LogP contribution in [-0.4, -0.2) is 16.2 Å². The molecule has 0 aliphatic heterocycles. The summed E-state index contributed by atoms with van der Waals surface area (Å²) in [5.41, 5.74) is 1.80. The van der Waals surface area contributed by atoms with E-state index in [1.54, 1.807) is 24.3 Å². The summed E-state index contributed by atoms with van der Waals surface area (Å²) in [6.07, 6.45) is 1.81. The molecule has 0 bridgehead atoms. The molecule has 0 unspecified atom stereocenters. The van der Waals surface area contributed by atoms with Gasteiger partial charge < -0.3 is 9.72 Å². The van der Waals surface area contributed by atoms with Crippen LogP contribution in [-0.2, 0) is 0 Å². The van der Waals surface area contributed by atoms with Gasteiger partial charge in [0.2, 0.25) is 0 Å². The highest BCUT2D eigenvalue weighted by Crippen LogP contribution is 2.26. The van der Waals surface area contributed by atoms with Gasteiger partial charge in [0, 0.05) is 5.56 Å². The Kier molecular flexibility index (Phi) is 4.87. The average molecular weight is 349 g/mol. The molecule has 25 heavy (non-hydrogen) atoms. The average Bonchev–Trinajstić information content (AvgIpc) is 2.63. The molecule has 124 valence electrons. The fraction of sp³-hybridized carbons (Fsp3) is 0.105. The first kappa shape index (κ1) is 16.8. The molecule has 1 N–H and O–H groups in total. The van der Waals surface area contributed by atoms with E-state index in [1.165, 1.54) is 11.8 Å². The maximum absolute atomic E-state index is 12.0. The van der Waals surface area contributed by atoms with Crippen molar-refractivity contribution in [1.29, 1.82) is 5.26 Å². The van der Waals surface area contributed by atoms with Crippen LogP contribution < -0.4 is 10.3 Å². The standard InChI is InChI=1S/C19H15N3O2S/c1-12-3-7-14(8-4-12)24-15-9-5-13(6-10-15)17-16(11-20)18(23)22-19(21-17)25-2/h3-10H,1-2H3,(H,21,22,23). The van der Waals surface area contributed by atoms with E-state index in [1.807, 2.05) is 43.5 Å². The van der Waals surface area contributed by atoms with Gasteiger partial charge in [-0.2, -0.15) is 5.26 Å². The molecule has 3 aromatic rings. The fourth-order valence-electron chi connectivity index (χ4n) is 2.29. The Balaban J connectivity index is 1.93. The lowest BCUT2D eigenvalue weighted by molar-refractivity contribution is 0.482. The van der Waals surface area contributed by atoms with Crippen LogP contribution >= 0.6 is 11.8 Å². The van der Waals surface area contributed by atoms with Gasteiger partial charge in [0.1, 0.15) is 23.1 Å². The maximum atomic E-state index is 12.0. The molecule has 0 saturated carbocycles. The second kappa shape index (κ2) is 7.24. The zero-order valence-electron chi connectivity index (χ0n) is 13.7. The topological polar surface area (TPSA) is 78.8 Å². The first-order valence-electron chi connectivity index (χ1n) is 7.54. The number of aryl methyl sites for hydroxylation is 1. The molecular weight excluding hydrogens is 334 g/mol. The van der Waals surface area contributed by atoms with Crippen molar-refractivity contribution >= 4 is 11.8 Å². The van der Waals surface area contributed by atoms with Crippen molar-refractivity contribution < 1.29 is 4.74 Å². The molecular formula is C19H15N3O2S. The zero-order chi connectivity index (χ0) is 17.8. The molecule has 1 aromatic heterocycles. The molecule has 2 aromatic carbocycles. The number of aromatic nitrogens is 2.